The Bertz CT molecular complexity index is 1820. The predicted octanol–water partition coefficient (Wildman–Crippen LogP) is 6.69. The lowest BCUT2D eigenvalue weighted by atomic mass is 10.1. The molecule has 1 aromatic heterocycles. The third kappa shape index (κ3) is 5.37. The van der Waals surface area contributed by atoms with Gasteiger partial charge < -0.3 is 13.9 Å². The number of rotatable bonds is 6. The summed E-state index contributed by atoms with van der Waals surface area (Å²) < 4.78 is 57.7. The van der Waals surface area contributed by atoms with E-state index in [9.17, 15) is 32.3 Å². The van der Waals surface area contributed by atoms with E-state index in [2.05, 4.69) is 0 Å². The first-order chi connectivity index (χ1) is 19.7. The van der Waals surface area contributed by atoms with Crippen molar-refractivity contribution in [1.82, 2.24) is 4.90 Å². The molecule has 8 nitrogen and oxygen atoms in total. The van der Waals surface area contributed by atoms with Crippen LogP contribution in [-0.4, -0.2) is 29.2 Å². The molecule has 0 atom stereocenters. The van der Waals surface area contributed by atoms with Crippen molar-refractivity contribution < 1.29 is 41.4 Å². The maximum atomic E-state index is 14.0. The van der Waals surface area contributed by atoms with Gasteiger partial charge in [-0.3, -0.25) is 19.3 Å². The van der Waals surface area contributed by atoms with Crippen LogP contribution in [0.3, 0.4) is 0 Å². The van der Waals surface area contributed by atoms with E-state index in [0.29, 0.717) is 0 Å². The molecule has 2 heterocycles. The number of nitrogens with zero attached hydrogens (tertiary/aromatic N) is 1. The maximum absolute atomic E-state index is 14.0. The van der Waals surface area contributed by atoms with Gasteiger partial charge in [-0.25, -0.2) is 4.79 Å². The van der Waals surface area contributed by atoms with E-state index in [4.69, 9.17) is 13.9 Å². The third-order valence-electron chi connectivity index (χ3n) is 6.46. The Morgan fingerprint density at radius 1 is 0.881 bits per heavy atom. The zero-order valence-corrected chi connectivity index (χ0v) is 22.9. The smallest absolute Gasteiger partial charge is 0.449 e. The highest BCUT2D eigenvalue weighted by Crippen LogP contribution is 2.39. The van der Waals surface area contributed by atoms with Crippen LogP contribution in [-0.2, 0) is 6.18 Å². The molecular weight excluding hydrogens is 555 g/mol. The van der Waals surface area contributed by atoms with Crippen LogP contribution in [0.25, 0.3) is 11.0 Å². The summed E-state index contributed by atoms with van der Waals surface area (Å²) in [6, 6.07) is 12.0. The number of hydrogen-bond acceptors (Lipinski definition) is 7. The summed E-state index contributed by atoms with van der Waals surface area (Å²) in [5.41, 5.74) is 0.0487. The summed E-state index contributed by atoms with van der Waals surface area (Å²) in [5, 5.41) is -0.228. The Labute approximate surface area is 237 Å². The van der Waals surface area contributed by atoms with E-state index in [1.807, 2.05) is 13.8 Å². The van der Waals surface area contributed by atoms with E-state index in [1.54, 1.807) is 19.9 Å². The van der Waals surface area contributed by atoms with Crippen LogP contribution >= 0.6 is 0 Å². The molecule has 0 unspecified atom stereocenters. The molecule has 0 radical (unpaired) electrons. The van der Waals surface area contributed by atoms with Crippen molar-refractivity contribution in [3.63, 3.8) is 0 Å². The van der Waals surface area contributed by atoms with Gasteiger partial charge in [0, 0.05) is 12.6 Å². The summed E-state index contributed by atoms with van der Waals surface area (Å²) in [7, 11) is 0. The Hall–Kier alpha value is -4.93. The van der Waals surface area contributed by atoms with E-state index in [1.165, 1.54) is 36.4 Å². The normalized spacial score (nSPS) is 13.2. The van der Waals surface area contributed by atoms with Crippen molar-refractivity contribution in [2.75, 3.05) is 6.54 Å². The van der Waals surface area contributed by atoms with E-state index in [-0.39, 0.29) is 46.0 Å². The summed E-state index contributed by atoms with van der Waals surface area (Å²) >= 11 is 0. The Morgan fingerprint density at radius 3 is 2.19 bits per heavy atom. The number of alkyl halides is 3. The van der Waals surface area contributed by atoms with Crippen LogP contribution < -0.4 is 14.9 Å². The molecule has 0 N–H and O–H groups in total. The highest BCUT2D eigenvalue weighted by Gasteiger charge is 2.41. The predicted molar refractivity (Wildman–Crippen MR) is 145 cm³/mol. The van der Waals surface area contributed by atoms with Crippen molar-refractivity contribution in [3.8, 4) is 17.2 Å². The number of carbonyl (C=O) groups is 3. The zero-order valence-electron chi connectivity index (χ0n) is 22.9. The highest BCUT2D eigenvalue weighted by molar-refractivity contribution is 6.22. The van der Waals surface area contributed by atoms with Gasteiger partial charge in [-0.1, -0.05) is 19.9 Å². The van der Waals surface area contributed by atoms with Crippen LogP contribution in [0.5, 0.6) is 17.2 Å². The number of fused-ring (bicyclic) bond motifs is 2. The van der Waals surface area contributed by atoms with Gasteiger partial charge in [-0.05, 0) is 73.4 Å². The average Bonchev–Trinajstić information content (AvgIpc) is 3.12. The molecular formula is C31H24F3NO7. The largest absolute Gasteiger partial charge is 0.453 e. The molecule has 0 fully saturated rings. The average molecular weight is 580 g/mol. The number of esters is 1. The fourth-order valence-corrected chi connectivity index (χ4v) is 4.72. The number of halogens is 3. The molecule has 0 aliphatic carbocycles. The van der Waals surface area contributed by atoms with Gasteiger partial charge in [0.05, 0.1) is 22.1 Å². The summed E-state index contributed by atoms with van der Waals surface area (Å²) in [6.45, 7) is 7.39. The first-order valence-electron chi connectivity index (χ1n) is 12.9. The SMILES string of the molecule is Cc1cc(C)cc(Oc2c(C(F)(F)F)oc3cc(OC(=O)c4ccc5c(c4)C(=O)N(CC(C)C)C5=O)ccc3c2=O)c1. The number of carbonyl (C=O) groups excluding carboxylic acids is 3. The minimum absolute atomic E-state index is 0.0387. The van der Waals surface area contributed by atoms with E-state index in [0.717, 1.165) is 28.2 Å². The van der Waals surface area contributed by atoms with Crippen LogP contribution in [0.1, 0.15) is 61.8 Å². The molecule has 0 saturated heterocycles. The van der Waals surface area contributed by atoms with Crippen LogP contribution in [0.15, 0.2) is 63.8 Å². The molecule has 42 heavy (non-hydrogen) atoms. The molecule has 216 valence electrons. The number of ether oxygens (including phenoxy) is 2. The molecule has 0 spiro atoms. The molecule has 4 aromatic rings. The number of imide groups is 1. The second kappa shape index (κ2) is 10.5. The van der Waals surface area contributed by atoms with E-state index < -0.39 is 46.5 Å². The van der Waals surface area contributed by atoms with Crippen molar-refractivity contribution in [1.29, 1.82) is 0 Å². The van der Waals surface area contributed by atoms with Crippen molar-refractivity contribution in [3.05, 3.63) is 98.4 Å². The maximum Gasteiger partial charge on any atom is 0.453 e. The number of hydrogen-bond donors (Lipinski definition) is 0. The molecule has 3 aromatic carbocycles. The molecule has 1 aliphatic heterocycles. The van der Waals surface area contributed by atoms with Gasteiger partial charge in [0.25, 0.3) is 17.6 Å². The zero-order chi connectivity index (χ0) is 30.5. The Kier molecular flexibility index (Phi) is 7.13. The minimum Gasteiger partial charge on any atom is -0.449 e. The van der Waals surface area contributed by atoms with Gasteiger partial charge in [-0.15, -0.1) is 0 Å². The quantitative estimate of drug-likeness (QED) is 0.142. The van der Waals surface area contributed by atoms with E-state index >= 15 is 0 Å². The Morgan fingerprint density at radius 2 is 1.55 bits per heavy atom. The van der Waals surface area contributed by atoms with Gasteiger partial charge in [0.15, 0.2) is 0 Å². The number of amides is 2. The molecule has 1 aliphatic rings. The lowest BCUT2D eigenvalue weighted by Crippen LogP contribution is -2.33. The van der Waals surface area contributed by atoms with Gasteiger partial charge in [0.1, 0.15) is 17.1 Å². The van der Waals surface area contributed by atoms with Crippen molar-refractivity contribution >= 4 is 28.8 Å². The fraction of sp³-hybridized carbons (Fsp3) is 0.226. The van der Waals surface area contributed by atoms with Crippen LogP contribution in [0.4, 0.5) is 13.2 Å². The second-order valence-electron chi connectivity index (χ2n) is 10.4. The molecule has 0 bridgehead atoms. The first-order valence-corrected chi connectivity index (χ1v) is 12.9. The Balaban J connectivity index is 1.46. The first kappa shape index (κ1) is 28.6. The summed E-state index contributed by atoms with van der Waals surface area (Å²) in [6.07, 6.45) is -5.08. The lowest BCUT2D eigenvalue weighted by molar-refractivity contribution is -0.154. The number of benzene rings is 3. The minimum atomic E-state index is -5.08. The molecule has 5 rings (SSSR count). The monoisotopic (exact) mass is 579 g/mol. The highest BCUT2D eigenvalue weighted by atomic mass is 19.4. The summed E-state index contributed by atoms with van der Waals surface area (Å²) in [4.78, 5) is 52.4. The molecule has 2 amide bonds. The third-order valence-corrected chi connectivity index (χ3v) is 6.46. The fourth-order valence-electron chi connectivity index (χ4n) is 4.72. The molecule has 11 heteroatoms. The topological polar surface area (TPSA) is 103 Å². The standard InChI is InChI=1S/C31H24F3NO7/c1-15(2)14-35-28(37)21-7-5-18(12-23(21)29(35)38)30(39)41-19-6-8-22-24(13-19)42-27(31(32,33)34)26(25(22)36)40-20-10-16(3)9-17(4)11-20/h5-13,15H,14H2,1-4H3. The van der Waals surface area contributed by atoms with Gasteiger partial charge in [-0.2, -0.15) is 13.2 Å². The van der Waals surface area contributed by atoms with Crippen LogP contribution in [0.2, 0.25) is 0 Å². The number of aryl methyl sites for hydroxylation is 2. The van der Waals surface area contributed by atoms with Gasteiger partial charge in [0.2, 0.25) is 11.2 Å². The molecule has 0 saturated carbocycles. The van der Waals surface area contributed by atoms with Crippen molar-refractivity contribution in [2.45, 2.75) is 33.9 Å². The van der Waals surface area contributed by atoms with Crippen molar-refractivity contribution in [2.24, 2.45) is 5.92 Å². The second-order valence-corrected chi connectivity index (χ2v) is 10.4. The summed E-state index contributed by atoms with van der Waals surface area (Å²) in [5.74, 6) is -4.74. The van der Waals surface area contributed by atoms with Crippen LogP contribution in [0, 0.1) is 19.8 Å². The van der Waals surface area contributed by atoms with Gasteiger partial charge >= 0.3 is 12.1 Å². The lowest BCUT2D eigenvalue weighted by Gasteiger charge is -2.15.